The maximum Gasteiger partial charge on any atom is -0.00970 e. The third-order valence-electron chi connectivity index (χ3n) is 4.50. The maximum atomic E-state index is 2.46. The zero-order chi connectivity index (χ0) is 8.46. The van der Waals surface area contributed by atoms with E-state index in [1.807, 2.05) is 11.1 Å². The molecule has 1 saturated carbocycles. The van der Waals surface area contributed by atoms with Gasteiger partial charge in [0.1, 0.15) is 0 Å². The van der Waals surface area contributed by atoms with Crippen molar-refractivity contribution in [2.45, 2.75) is 33.6 Å². The fourth-order valence-corrected chi connectivity index (χ4v) is 3.76. The van der Waals surface area contributed by atoms with Gasteiger partial charge >= 0.3 is 0 Å². The highest BCUT2D eigenvalue weighted by molar-refractivity contribution is 5.44. The Morgan fingerprint density at radius 3 is 2.58 bits per heavy atom. The molecular weight excluding hydrogens is 144 g/mol. The first-order valence-corrected chi connectivity index (χ1v) is 5.42. The van der Waals surface area contributed by atoms with Gasteiger partial charge in [0, 0.05) is 0 Å². The first kappa shape index (κ1) is 7.17. The quantitative estimate of drug-likeness (QED) is 0.480. The van der Waals surface area contributed by atoms with Gasteiger partial charge in [0.15, 0.2) is 0 Å². The SMILES string of the molecule is CC1CC(C)C2C(C)C2C2=C1C2. The standard InChI is InChI=1S/C12H18/c1-6-4-7(2)11-8(3)12(11)10-5-9(6)10/h6-8,11-12H,4-5H2,1-3H3. The summed E-state index contributed by atoms with van der Waals surface area (Å²) in [7, 11) is 0. The van der Waals surface area contributed by atoms with Crippen LogP contribution in [0.3, 0.4) is 0 Å². The molecule has 5 unspecified atom stereocenters. The molecular formula is C12H18. The second-order valence-electron chi connectivity index (χ2n) is 5.30. The average molecular weight is 162 g/mol. The van der Waals surface area contributed by atoms with Gasteiger partial charge in [-0.1, -0.05) is 31.9 Å². The van der Waals surface area contributed by atoms with E-state index in [1.165, 1.54) is 12.8 Å². The van der Waals surface area contributed by atoms with E-state index in [0.29, 0.717) is 0 Å². The monoisotopic (exact) mass is 162 g/mol. The summed E-state index contributed by atoms with van der Waals surface area (Å²) >= 11 is 0. The van der Waals surface area contributed by atoms with Crippen molar-refractivity contribution in [3.8, 4) is 0 Å². The fraction of sp³-hybridized carbons (Fsp3) is 0.833. The molecule has 0 saturated heterocycles. The zero-order valence-corrected chi connectivity index (χ0v) is 8.30. The molecule has 66 valence electrons. The van der Waals surface area contributed by atoms with Crippen molar-refractivity contribution < 1.29 is 0 Å². The second-order valence-corrected chi connectivity index (χ2v) is 5.30. The molecule has 0 amide bonds. The van der Waals surface area contributed by atoms with E-state index in [2.05, 4.69) is 20.8 Å². The Morgan fingerprint density at radius 2 is 1.83 bits per heavy atom. The highest BCUT2D eigenvalue weighted by atomic mass is 14.6. The van der Waals surface area contributed by atoms with Crippen molar-refractivity contribution in [1.29, 1.82) is 0 Å². The van der Waals surface area contributed by atoms with Crippen LogP contribution in [-0.4, -0.2) is 0 Å². The van der Waals surface area contributed by atoms with Crippen LogP contribution in [0.25, 0.3) is 0 Å². The van der Waals surface area contributed by atoms with Gasteiger partial charge in [0.05, 0.1) is 0 Å². The number of hydrogen-bond acceptors (Lipinski definition) is 0. The molecule has 5 atom stereocenters. The first-order chi connectivity index (χ1) is 5.70. The molecule has 3 rings (SSSR count). The molecule has 0 heteroatoms. The van der Waals surface area contributed by atoms with Gasteiger partial charge in [0.2, 0.25) is 0 Å². The van der Waals surface area contributed by atoms with Crippen molar-refractivity contribution in [3.63, 3.8) is 0 Å². The highest BCUT2D eigenvalue weighted by Crippen LogP contribution is 2.65. The molecule has 1 fully saturated rings. The minimum atomic E-state index is 0.926. The van der Waals surface area contributed by atoms with E-state index in [4.69, 9.17) is 0 Å². The van der Waals surface area contributed by atoms with Gasteiger partial charge in [-0.25, -0.2) is 0 Å². The molecule has 0 bridgehead atoms. The maximum absolute atomic E-state index is 2.46. The zero-order valence-electron chi connectivity index (χ0n) is 8.30. The lowest BCUT2D eigenvalue weighted by atomic mass is 9.91. The number of allylic oxidation sites excluding steroid dienone is 2. The van der Waals surface area contributed by atoms with Crippen molar-refractivity contribution in [2.75, 3.05) is 0 Å². The summed E-state index contributed by atoms with van der Waals surface area (Å²) in [5.41, 5.74) is 3.73. The summed E-state index contributed by atoms with van der Waals surface area (Å²) in [6.45, 7) is 7.34. The van der Waals surface area contributed by atoms with Crippen LogP contribution in [0.2, 0.25) is 0 Å². The van der Waals surface area contributed by atoms with Gasteiger partial charge in [-0.15, -0.1) is 0 Å². The normalized spacial score (nSPS) is 55.8. The van der Waals surface area contributed by atoms with Gasteiger partial charge < -0.3 is 0 Å². The van der Waals surface area contributed by atoms with Crippen LogP contribution in [0.1, 0.15) is 33.6 Å². The minimum absolute atomic E-state index is 0.926. The number of hydrogen-bond donors (Lipinski definition) is 0. The van der Waals surface area contributed by atoms with Crippen molar-refractivity contribution in [1.82, 2.24) is 0 Å². The first-order valence-electron chi connectivity index (χ1n) is 5.42. The molecule has 0 aromatic rings. The highest BCUT2D eigenvalue weighted by Gasteiger charge is 2.57. The number of rotatable bonds is 0. The topological polar surface area (TPSA) is 0 Å². The van der Waals surface area contributed by atoms with E-state index in [-0.39, 0.29) is 0 Å². The largest absolute Gasteiger partial charge is 0.0635 e. The Labute approximate surface area is 75.0 Å². The lowest BCUT2D eigenvalue weighted by Gasteiger charge is -2.14. The molecule has 3 aliphatic carbocycles. The molecule has 0 N–H and O–H groups in total. The van der Waals surface area contributed by atoms with Crippen LogP contribution in [0.15, 0.2) is 11.1 Å². The van der Waals surface area contributed by atoms with Crippen LogP contribution < -0.4 is 0 Å². The van der Waals surface area contributed by atoms with Gasteiger partial charge in [-0.3, -0.25) is 0 Å². The molecule has 0 aromatic carbocycles. The van der Waals surface area contributed by atoms with E-state index < -0.39 is 0 Å². The lowest BCUT2D eigenvalue weighted by molar-refractivity contribution is 0.395. The van der Waals surface area contributed by atoms with E-state index in [0.717, 1.165) is 29.6 Å². The number of fused-ring (bicyclic) bond motifs is 2. The molecule has 0 nitrogen and oxygen atoms in total. The van der Waals surface area contributed by atoms with E-state index >= 15 is 0 Å². The lowest BCUT2D eigenvalue weighted by Crippen LogP contribution is -2.05. The third-order valence-corrected chi connectivity index (χ3v) is 4.50. The predicted molar refractivity (Wildman–Crippen MR) is 50.7 cm³/mol. The van der Waals surface area contributed by atoms with Crippen LogP contribution in [0.5, 0.6) is 0 Å². The Morgan fingerprint density at radius 1 is 1.08 bits per heavy atom. The Hall–Kier alpha value is -0.260. The molecule has 3 aliphatic rings. The second kappa shape index (κ2) is 1.97. The molecule has 0 aromatic heterocycles. The Kier molecular flexibility index (Phi) is 1.18. The third kappa shape index (κ3) is 0.739. The molecule has 12 heavy (non-hydrogen) atoms. The summed E-state index contributed by atoms with van der Waals surface area (Å²) in [6, 6.07) is 0. The summed E-state index contributed by atoms with van der Waals surface area (Å²) in [5, 5.41) is 0. The van der Waals surface area contributed by atoms with Crippen molar-refractivity contribution >= 4 is 0 Å². The molecule has 0 heterocycles. The fourth-order valence-electron chi connectivity index (χ4n) is 3.76. The minimum Gasteiger partial charge on any atom is -0.0635 e. The summed E-state index contributed by atoms with van der Waals surface area (Å²) in [5.74, 6) is 5.06. The summed E-state index contributed by atoms with van der Waals surface area (Å²) in [6.07, 6.45) is 2.88. The van der Waals surface area contributed by atoms with E-state index in [9.17, 15) is 0 Å². The van der Waals surface area contributed by atoms with Crippen LogP contribution in [-0.2, 0) is 0 Å². The van der Waals surface area contributed by atoms with E-state index in [1.54, 1.807) is 0 Å². The molecule has 0 radical (unpaired) electrons. The predicted octanol–water partition coefficient (Wildman–Crippen LogP) is 3.24. The Balaban J connectivity index is 1.92. The smallest absolute Gasteiger partial charge is 0.00970 e. The van der Waals surface area contributed by atoms with Gasteiger partial charge in [0.25, 0.3) is 0 Å². The van der Waals surface area contributed by atoms with Crippen LogP contribution in [0.4, 0.5) is 0 Å². The Bertz CT molecular complexity index is 261. The summed E-state index contributed by atoms with van der Waals surface area (Å²) < 4.78 is 0. The molecule has 0 spiro atoms. The van der Waals surface area contributed by atoms with Crippen LogP contribution >= 0.6 is 0 Å². The van der Waals surface area contributed by atoms with Crippen LogP contribution in [0, 0.1) is 29.6 Å². The van der Waals surface area contributed by atoms with Gasteiger partial charge in [-0.2, -0.15) is 0 Å². The van der Waals surface area contributed by atoms with Gasteiger partial charge in [-0.05, 0) is 42.4 Å². The van der Waals surface area contributed by atoms with Crippen molar-refractivity contribution in [3.05, 3.63) is 11.1 Å². The molecule has 0 aliphatic heterocycles. The summed E-state index contributed by atoms with van der Waals surface area (Å²) in [4.78, 5) is 0. The van der Waals surface area contributed by atoms with Crippen molar-refractivity contribution in [2.24, 2.45) is 29.6 Å². The average Bonchev–Trinajstić information content (AvgIpc) is 2.78.